The Kier molecular flexibility index (Phi) is 5.07. The summed E-state index contributed by atoms with van der Waals surface area (Å²) < 4.78 is 11.4. The van der Waals surface area contributed by atoms with E-state index in [0.717, 1.165) is 25.7 Å². The lowest BCUT2D eigenvalue weighted by atomic mass is 10.1. The Bertz CT molecular complexity index is 1070. The van der Waals surface area contributed by atoms with Crippen LogP contribution in [0, 0.1) is 10.1 Å². The van der Waals surface area contributed by atoms with Crippen molar-refractivity contribution >= 4 is 28.2 Å². The van der Waals surface area contributed by atoms with E-state index < -0.39 is 4.92 Å². The number of methoxy groups -OCH3 is 1. The molecular formula is C21H21N3O5. The summed E-state index contributed by atoms with van der Waals surface area (Å²) in [6, 6.07) is 9.60. The number of carbonyl (C=O) groups excluding carboxylic acids is 1. The first kappa shape index (κ1) is 18.8. The molecule has 0 saturated heterocycles. The topological polar surface area (TPSA) is 106 Å². The molecule has 3 aromatic rings. The van der Waals surface area contributed by atoms with Crippen LogP contribution >= 0.6 is 0 Å². The molecule has 2 aromatic carbocycles. The van der Waals surface area contributed by atoms with Crippen molar-refractivity contribution in [2.45, 2.75) is 31.8 Å². The van der Waals surface area contributed by atoms with Crippen LogP contribution in [0.25, 0.3) is 10.9 Å². The summed E-state index contributed by atoms with van der Waals surface area (Å²) in [7, 11) is 1.58. The van der Waals surface area contributed by atoms with Gasteiger partial charge >= 0.3 is 0 Å². The van der Waals surface area contributed by atoms with Crippen LogP contribution in [0.1, 0.15) is 36.0 Å². The fraction of sp³-hybridized carbons (Fsp3) is 0.286. The second kappa shape index (κ2) is 7.83. The summed E-state index contributed by atoms with van der Waals surface area (Å²) in [6.07, 6.45) is 6.01. The maximum Gasteiger partial charge on any atom is 0.270 e. The number of nitrogens with one attached hydrogen (secondary N) is 2. The van der Waals surface area contributed by atoms with Crippen molar-refractivity contribution in [3.8, 4) is 11.5 Å². The Morgan fingerprint density at radius 3 is 2.69 bits per heavy atom. The minimum Gasteiger partial charge on any atom is -0.493 e. The summed E-state index contributed by atoms with van der Waals surface area (Å²) >= 11 is 0. The first-order chi connectivity index (χ1) is 14.0. The molecule has 4 rings (SSSR count). The van der Waals surface area contributed by atoms with E-state index in [0.29, 0.717) is 33.7 Å². The molecule has 8 heteroatoms. The number of aromatic amines is 1. The third-order valence-electron chi connectivity index (χ3n) is 5.14. The largest absolute Gasteiger partial charge is 0.493 e. The molecule has 0 bridgehead atoms. The standard InChI is InChI=1S/C21H21N3O5/c1-28-19-9-6-13(10-20(19)29-15-4-2-3-5-15)23-21(25)17-12-22-18-8-7-14(24(26)27)11-16(17)18/h6-12,15,22H,2-5H2,1H3,(H,23,25). The van der Waals surface area contributed by atoms with Crippen molar-refractivity contribution in [3.63, 3.8) is 0 Å². The van der Waals surface area contributed by atoms with Gasteiger partial charge in [0, 0.05) is 41.0 Å². The van der Waals surface area contributed by atoms with Gasteiger partial charge in [-0.1, -0.05) is 0 Å². The molecule has 1 saturated carbocycles. The number of nitro benzene ring substituents is 1. The van der Waals surface area contributed by atoms with Gasteiger partial charge in [-0.25, -0.2) is 0 Å². The summed E-state index contributed by atoms with van der Waals surface area (Å²) in [5.41, 5.74) is 1.48. The average Bonchev–Trinajstić information content (AvgIpc) is 3.37. The molecule has 1 amide bonds. The van der Waals surface area contributed by atoms with Gasteiger partial charge in [-0.05, 0) is 43.9 Å². The van der Waals surface area contributed by atoms with E-state index in [4.69, 9.17) is 9.47 Å². The van der Waals surface area contributed by atoms with Crippen LogP contribution in [0.2, 0.25) is 0 Å². The summed E-state index contributed by atoms with van der Waals surface area (Å²) in [4.78, 5) is 26.3. The number of nitro groups is 1. The van der Waals surface area contributed by atoms with Crippen molar-refractivity contribution in [3.05, 3.63) is 58.3 Å². The lowest BCUT2D eigenvalue weighted by molar-refractivity contribution is -0.384. The number of ether oxygens (including phenoxy) is 2. The Labute approximate surface area is 167 Å². The second-order valence-electron chi connectivity index (χ2n) is 7.03. The van der Waals surface area contributed by atoms with Crippen LogP contribution < -0.4 is 14.8 Å². The first-order valence-corrected chi connectivity index (χ1v) is 9.46. The van der Waals surface area contributed by atoms with E-state index in [2.05, 4.69) is 10.3 Å². The van der Waals surface area contributed by atoms with Gasteiger partial charge < -0.3 is 19.8 Å². The van der Waals surface area contributed by atoms with E-state index >= 15 is 0 Å². The smallest absolute Gasteiger partial charge is 0.270 e. The van der Waals surface area contributed by atoms with Gasteiger partial charge in [-0.2, -0.15) is 0 Å². The number of aromatic nitrogens is 1. The lowest BCUT2D eigenvalue weighted by Gasteiger charge is -2.17. The third-order valence-corrected chi connectivity index (χ3v) is 5.14. The summed E-state index contributed by atoms with van der Waals surface area (Å²) in [5.74, 6) is 0.832. The predicted molar refractivity (Wildman–Crippen MR) is 109 cm³/mol. The molecule has 1 heterocycles. The molecule has 1 aromatic heterocycles. The van der Waals surface area contributed by atoms with Gasteiger partial charge in [0.2, 0.25) is 0 Å². The number of rotatable bonds is 6. The number of non-ortho nitro benzene ring substituents is 1. The monoisotopic (exact) mass is 395 g/mol. The van der Waals surface area contributed by atoms with Crippen LogP contribution in [0.4, 0.5) is 11.4 Å². The average molecular weight is 395 g/mol. The zero-order valence-corrected chi connectivity index (χ0v) is 15.9. The number of anilines is 1. The Balaban J connectivity index is 1.58. The zero-order chi connectivity index (χ0) is 20.4. The molecule has 1 aliphatic rings. The number of carbonyl (C=O) groups is 1. The van der Waals surface area contributed by atoms with Crippen molar-refractivity contribution in [1.82, 2.24) is 4.98 Å². The molecule has 0 unspecified atom stereocenters. The fourth-order valence-electron chi connectivity index (χ4n) is 3.64. The molecule has 0 spiro atoms. The minimum atomic E-state index is -0.482. The Morgan fingerprint density at radius 2 is 1.97 bits per heavy atom. The molecule has 1 aliphatic carbocycles. The van der Waals surface area contributed by atoms with Crippen LogP contribution in [-0.2, 0) is 0 Å². The molecule has 150 valence electrons. The number of hydrogen-bond donors (Lipinski definition) is 2. The maximum absolute atomic E-state index is 12.8. The normalized spacial score (nSPS) is 14.1. The number of fused-ring (bicyclic) bond motifs is 1. The van der Waals surface area contributed by atoms with Crippen LogP contribution in [0.5, 0.6) is 11.5 Å². The van der Waals surface area contributed by atoms with Crippen LogP contribution in [0.3, 0.4) is 0 Å². The van der Waals surface area contributed by atoms with E-state index in [1.54, 1.807) is 37.6 Å². The predicted octanol–water partition coefficient (Wildman–Crippen LogP) is 4.66. The summed E-state index contributed by atoms with van der Waals surface area (Å²) in [6.45, 7) is 0. The highest BCUT2D eigenvalue weighted by Crippen LogP contribution is 2.34. The third kappa shape index (κ3) is 3.87. The van der Waals surface area contributed by atoms with Crippen molar-refractivity contribution in [1.29, 1.82) is 0 Å². The highest BCUT2D eigenvalue weighted by atomic mass is 16.6. The van der Waals surface area contributed by atoms with Gasteiger partial charge in [0.15, 0.2) is 11.5 Å². The van der Waals surface area contributed by atoms with Crippen LogP contribution in [-0.4, -0.2) is 29.0 Å². The zero-order valence-electron chi connectivity index (χ0n) is 15.9. The molecular weight excluding hydrogens is 374 g/mol. The lowest BCUT2D eigenvalue weighted by Crippen LogP contribution is -2.14. The molecule has 2 N–H and O–H groups in total. The SMILES string of the molecule is COc1ccc(NC(=O)c2c[nH]c3ccc([N+](=O)[O-])cc23)cc1OC1CCCC1. The number of hydrogen-bond acceptors (Lipinski definition) is 5. The van der Waals surface area contributed by atoms with Gasteiger partial charge in [0.1, 0.15) is 0 Å². The van der Waals surface area contributed by atoms with E-state index in [1.165, 1.54) is 12.1 Å². The van der Waals surface area contributed by atoms with Crippen molar-refractivity contribution in [2.75, 3.05) is 12.4 Å². The molecule has 0 radical (unpaired) electrons. The number of benzene rings is 2. The van der Waals surface area contributed by atoms with Gasteiger partial charge in [-0.3, -0.25) is 14.9 Å². The van der Waals surface area contributed by atoms with Gasteiger partial charge in [0.05, 0.1) is 23.7 Å². The molecule has 0 aliphatic heterocycles. The van der Waals surface area contributed by atoms with E-state index in [1.807, 2.05) is 0 Å². The van der Waals surface area contributed by atoms with E-state index in [9.17, 15) is 14.9 Å². The highest BCUT2D eigenvalue weighted by molar-refractivity contribution is 6.13. The molecule has 0 atom stereocenters. The van der Waals surface area contributed by atoms with E-state index in [-0.39, 0.29) is 17.7 Å². The molecule has 1 fully saturated rings. The fourth-order valence-corrected chi connectivity index (χ4v) is 3.64. The first-order valence-electron chi connectivity index (χ1n) is 9.46. The number of nitrogens with zero attached hydrogens (tertiary/aromatic N) is 1. The quantitative estimate of drug-likeness (QED) is 0.466. The Morgan fingerprint density at radius 1 is 1.17 bits per heavy atom. The van der Waals surface area contributed by atoms with Crippen molar-refractivity contribution in [2.24, 2.45) is 0 Å². The highest BCUT2D eigenvalue weighted by Gasteiger charge is 2.20. The van der Waals surface area contributed by atoms with Crippen LogP contribution in [0.15, 0.2) is 42.6 Å². The Hall–Kier alpha value is -3.55. The number of H-pyrrole nitrogens is 1. The molecule has 8 nitrogen and oxygen atoms in total. The maximum atomic E-state index is 12.8. The minimum absolute atomic E-state index is 0.0668. The van der Waals surface area contributed by atoms with Gasteiger partial charge in [-0.15, -0.1) is 0 Å². The van der Waals surface area contributed by atoms with Gasteiger partial charge in [0.25, 0.3) is 11.6 Å². The second-order valence-corrected chi connectivity index (χ2v) is 7.03. The number of amides is 1. The van der Waals surface area contributed by atoms with Crippen molar-refractivity contribution < 1.29 is 19.2 Å². The summed E-state index contributed by atoms with van der Waals surface area (Å²) in [5, 5.41) is 14.4. The molecule has 29 heavy (non-hydrogen) atoms.